The van der Waals surface area contributed by atoms with Gasteiger partial charge in [-0.2, -0.15) is 0 Å². The van der Waals surface area contributed by atoms with E-state index in [1.165, 1.54) is 6.20 Å². The third kappa shape index (κ3) is 4.52. The summed E-state index contributed by atoms with van der Waals surface area (Å²) in [6.45, 7) is 9.07. The molecule has 1 saturated heterocycles. The number of aromatic nitrogens is 2. The molecule has 0 spiro atoms. The second-order valence-corrected chi connectivity index (χ2v) is 6.49. The highest BCUT2D eigenvalue weighted by Crippen LogP contribution is 2.29. The number of piperidine rings is 1. The Bertz CT molecular complexity index is 795. The fourth-order valence-electron chi connectivity index (χ4n) is 2.91. The molecule has 0 bridgehead atoms. The predicted octanol–water partition coefficient (Wildman–Crippen LogP) is 3.48. The summed E-state index contributed by atoms with van der Waals surface area (Å²) in [5, 5.41) is 4.10. The average Bonchev–Trinajstić information content (AvgIpc) is 2.65. The van der Waals surface area contributed by atoms with Crippen LogP contribution in [0.5, 0.6) is 5.88 Å². The monoisotopic (exact) mass is 371 g/mol. The molecule has 1 aromatic heterocycles. The van der Waals surface area contributed by atoms with Gasteiger partial charge in [0.15, 0.2) is 0 Å². The van der Waals surface area contributed by atoms with Crippen molar-refractivity contribution in [2.75, 3.05) is 23.3 Å². The molecule has 7 heteroatoms. The number of hydrogen-bond donors (Lipinski definition) is 1. The third-order valence-corrected chi connectivity index (χ3v) is 4.44. The highest BCUT2D eigenvalue weighted by molar-refractivity contribution is 6.33. The summed E-state index contributed by atoms with van der Waals surface area (Å²) in [7, 11) is 0. The molecule has 1 fully saturated rings. The maximum Gasteiger partial charge on any atom is 0.336 e. The lowest BCUT2D eigenvalue weighted by atomic mass is 10.0. The van der Waals surface area contributed by atoms with Gasteiger partial charge in [-0.15, -0.1) is 0 Å². The highest BCUT2D eigenvalue weighted by atomic mass is 35.5. The molecule has 1 atom stereocenters. The first-order valence-corrected chi connectivity index (χ1v) is 8.72. The Morgan fingerprint density at radius 2 is 2.23 bits per heavy atom. The van der Waals surface area contributed by atoms with Crippen molar-refractivity contribution in [2.24, 2.45) is 0 Å². The number of hydrogen-bond acceptors (Lipinski definition) is 6. The van der Waals surface area contributed by atoms with E-state index in [1.54, 1.807) is 6.20 Å². The van der Waals surface area contributed by atoms with Crippen molar-refractivity contribution in [1.82, 2.24) is 9.97 Å². The van der Waals surface area contributed by atoms with Crippen LogP contribution in [0.1, 0.15) is 18.4 Å². The summed E-state index contributed by atoms with van der Waals surface area (Å²) in [5.41, 5.74) is 1.94. The lowest BCUT2D eigenvalue weighted by Gasteiger charge is -2.35. The number of carbonyl (C=O) groups is 1. The molecule has 135 valence electrons. The van der Waals surface area contributed by atoms with E-state index in [9.17, 15) is 4.79 Å². The zero-order valence-electron chi connectivity index (χ0n) is 14.3. The first-order chi connectivity index (χ1) is 12.5. The summed E-state index contributed by atoms with van der Waals surface area (Å²) >= 11 is 6.35. The van der Waals surface area contributed by atoms with Gasteiger partial charge in [0.05, 0.1) is 23.1 Å². The lowest BCUT2D eigenvalue weighted by molar-refractivity contribution is -0.129. The van der Waals surface area contributed by atoms with Gasteiger partial charge in [0.1, 0.15) is 5.82 Å². The van der Waals surface area contributed by atoms with E-state index >= 15 is 0 Å². The molecular formula is C19H20ClN4O2. The summed E-state index contributed by atoms with van der Waals surface area (Å²) in [6.07, 6.45) is 6.10. The Morgan fingerprint density at radius 1 is 1.38 bits per heavy atom. The molecule has 1 N–H and O–H groups in total. The maximum atomic E-state index is 11.2. The number of nitrogens with zero attached hydrogens (tertiary/aromatic N) is 3. The van der Waals surface area contributed by atoms with E-state index in [1.807, 2.05) is 18.2 Å². The molecule has 1 unspecified atom stereocenters. The molecule has 1 aliphatic heterocycles. The maximum absolute atomic E-state index is 11.2. The van der Waals surface area contributed by atoms with Crippen LogP contribution in [-0.4, -0.2) is 35.1 Å². The lowest BCUT2D eigenvalue weighted by Crippen LogP contribution is -2.42. The van der Waals surface area contributed by atoms with E-state index in [4.69, 9.17) is 16.3 Å². The molecule has 0 aliphatic carbocycles. The second kappa shape index (κ2) is 8.19. The standard InChI is InChI=1S/C19H20ClN4O2/c1-3-19(25)26-18-11-21-17(10-22-18)23-14-5-4-8-24(12-14)16-9-13(2)6-7-15(16)20/h3,6-7,9-11,14H,1-2,4-5,8,12H2,(H,21,23). The molecule has 0 saturated carbocycles. The third-order valence-electron chi connectivity index (χ3n) is 4.12. The number of halogens is 1. The minimum atomic E-state index is -0.563. The molecule has 26 heavy (non-hydrogen) atoms. The Morgan fingerprint density at radius 3 is 2.96 bits per heavy atom. The minimum Gasteiger partial charge on any atom is -0.403 e. The van der Waals surface area contributed by atoms with Crippen LogP contribution in [0.25, 0.3) is 0 Å². The quantitative estimate of drug-likeness (QED) is 0.641. The number of rotatable bonds is 5. The van der Waals surface area contributed by atoms with Crippen LogP contribution < -0.4 is 15.0 Å². The number of carbonyl (C=O) groups excluding carboxylic acids is 1. The molecule has 1 aliphatic rings. The number of esters is 1. The van der Waals surface area contributed by atoms with Gasteiger partial charge in [0.25, 0.3) is 0 Å². The van der Waals surface area contributed by atoms with Crippen molar-refractivity contribution >= 4 is 29.1 Å². The molecule has 2 aromatic rings. The number of anilines is 2. The van der Waals surface area contributed by atoms with E-state index in [0.717, 1.165) is 48.3 Å². The van der Waals surface area contributed by atoms with Crippen LogP contribution in [0.4, 0.5) is 11.5 Å². The van der Waals surface area contributed by atoms with Crippen LogP contribution in [0, 0.1) is 6.92 Å². The fourth-order valence-corrected chi connectivity index (χ4v) is 3.15. The molecule has 6 nitrogen and oxygen atoms in total. The summed E-state index contributed by atoms with van der Waals surface area (Å²) in [5.74, 6) is 0.212. The van der Waals surface area contributed by atoms with E-state index in [2.05, 4.69) is 33.7 Å². The van der Waals surface area contributed by atoms with Gasteiger partial charge < -0.3 is 15.0 Å². The summed E-state index contributed by atoms with van der Waals surface area (Å²) in [4.78, 5) is 21.7. The number of nitrogens with one attached hydrogen (secondary N) is 1. The normalized spacial score (nSPS) is 16.8. The van der Waals surface area contributed by atoms with Crippen LogP contribution in [-0.2, 0) is 4.79 Å². The van der Waals surface area contributed by atoms with E-state index in [0.29, 0.717) is 5.82 Å². The summed E-state index contributed by atoms with van der Waals surface area (Å²) < 4.78 is 4.92. The fraction of sp³-hybridized carbons (Fsp3) is 0.263. The smallest absolute Gasteiger partial charge is 0.336 e. The summed E-state index contributed by atoms with van der Waals surface area (Å²) in [6, 6.07) is 6.00. The van der Waals surface area contributed by atoms with Crippen LogP contribution in [0.15, 0.2) is 43.2 Å². The average molecular weight is 372 g/mol. The number of ether oxygens (including phenoxy) is 1. The van der Waals surface area contributed by atoms with Gasteiger partial charge in [0, 0.05) is 25.2 Å². The van der Waals surface area contributed by atoms with Crippen molar-refractivity contribution in [3.63, 3.8) is 0 Å². The van der Waals surface area contributed by atoms with Crippen molar-refractivity contribution in [3.05, 3.63) is 60.8 Å². The van der Waals surface area contributed by atoms with Gasteiger partial charge in [-0.1, -0.05) is 24.2 Å². The van der Waals surface area contributed by atoms with Gasteiger partial charge in [0.2, 0.25) is 5.88 Å². The zero-order valence-corrected chi connectivity index (χ0v) is 15.1. The molecule has 2 heterocycles. The Balaban J connectivity index is 1.64. The van der Waals surface area contributed by atoms with Crippen molar-refractivity contribution < 1.29 is 9.53 Å². The molecule has 1 radical (unpaired) electrons. The molecule has 3 rings (SSSR count). The van der Waals surface area contributed by atoms with Crippen LogP contribution >= 0.6 is 11.6 Å². The minimum absolute atomic E-state index is 0.143. The van der Waals surface area contributed by atoms with E-state index < -0.39 is 5.97 Å². The van der Waals surface area contributed by atoms with Crippen molar-refractivity contribution in [3.8, 4) is 5.88 Å². The molecule has 1 aromatic carbocycles. The largest absolute Gasteiger partial charge is 0.403 e. The molecule has 0 amide bonds. The molecular weight excluding hydrogens is 352 g/mol. The van der Waals surface area contributed by atoms with Crippen molar-refractivity contribution in [1.29, 1.82) is 0 Å². The first kappa shape index (κ1) is 18.2. The van der Waals surface area contributed by atoms with Gasteiger partial charge >= 0.3 is 5.97 Å². The Kier molecular flexibility index (Phi) is 5.73. The predicted molar refractivity (Wildman–Crippen MR) is 103 cm³/mol. The van der Waals surface area contributed by atoms with Gasteiger partial charge in [-0.25, -0.2) is 14.8 Å². The second-order valence-electron chi connectivity index (χ2n) is 6.08. The first-order valence-electron chi connectivity index (χ1n) is 8.34. The SMILES string of the molecule is [CH2]c1ccc(Cl)c(N2CCCC(Nc3cnc(OC(=O)C=C)cn3)C2)c1. The Labute approximate surface area is 157 Å². The number of benzene rings is 1. The van der Waals surface area contributed by atoms with Gasteiger partial charge in [-0.05, 0) is 37.5 Å². The topological polar surface area (TPSA) is 67.3 Å². The van der Waals surface area contributed by atoms with Crippen LogP contribution in [0.2, 0.25) is 5.02 Å². The highest BCUT2D eigenvalue weighted by Gasteiger charge is 2.22. The van der Waals surface area contributed by atoms with E-state index in [-0.39, 0.29) is 11.9 Å². The Hall–Kier alpha value is -2.60. The van der Waals surface area contributed by atoms with Crippen molar-refractivity contribution in [2.45, 2.75) is 18.9 Å². The van der Waals surface area contributed by atoms with Gasteiger partial charge in [-0.3, -0.25) is 0 Å². The zero-order chi connectivity index (χ0) is 18.5. The van der Waals surface area contributed by atoms with Crippen LogP contribution in [0.3, 0.4) is 0 Å².